The Morgan fingerprint density at radius 3 is 2.50 bits per heavy atom. The maximum Gasteiger partial charge on any atom is 0.137 e. The molecule has 0 radical (unpaired) electrons. The van der Waals surface area contributed by atoms with Crippen LogP contribution in [0.5, 0.6) is 0 Å². The second-order valence-electron chi connectivity index (χ2n) is 4.44. The highest BCUT2D eigenvalue weighted by Crippen LogP contribution is 2.28. The lowest BCUT2D eigenvalue weighted by Gasteiger charge is -2.15. The normalized spacial score (nSPS) is 12.5. The van der Waals surface area contributed by atoms with Crippen molar-refractivity contribution in [3.05, 3.63) is 68.9 Å². The van der Waals surface area contributed by atoms with Crippen molar-refractivity contribution in [2.45, 2.75) is 20.0 Å². The first-order valence-corrected chi connectivity index (χ1v) is 6.48. The summed E-state index contributed by atoms with van der Waals surface area (Å²) in [6, 6.07) is 10.6. The fourth-order valence-corrected chi connectivity index (χ4v) is 2.16. The lowest BCUT2D eigenvalue weighted by atomic mass is 9.96. The number of aliphatic hydroxyl groups excluding tert-OH is 1. The number of benzene rings is 2. The predicted molar refractivity (Wildman–Crippen MR) is 74.1 cm³/mol. The third-order valence-electron chi connectivity index (χ3n) is 2.99. The van der Waals surface area contributed by atoms with Crippen LogP contribution >= 0.6 is 15.9 Å². The van der Waals surface area contributed by atoms with E-state index in [0.717, 1.165) is 16.7 Å². The monoisotopic (exact) mass is 308 g/mol. The Hall–Kier alpha value is -1.19. The zero-order chi connectivity index (χ0) is 13.3. The van der Waals surface area contributed by atoms with Crippen LogP contribution in [0, 0.1) is 19.7 Å². The molecule has 0 saturated heterocycles. The highest BCUT2D eigenvalue weighted by atomic mass is 79.9. The Kier molecular flexibility index (Phi) is 3.83. The highest BCUT2D eigenvalue weighted by molar-refractivity contribution is 9.10. The Morgan fingerprint density at radius 2 is 1.83 bits per heavy atom. The van der Waals surface area contributed by atoms with E-state index in [2.05, 4.69) is 15.9 Å². The minimum absolute atomic E-state index is 0.364. The summed E-state index contributed by atoms with van der Waals surface area (Å²) in [7, 11) is 0. The Bertz CT molecular complexity index is 581. The van der Waals surface area contributed by atoms with Gasteiger partial charge in [-0.25, -0.2) is 4.39 Å². The minimum atomic E-state index is -0.799. The average Bonchev–Trinajstić information content (AvgIpc) is 2.35. The zero-order valence-electron chi connectivity index (χ0n) is 10.2. The van der Waals surface area contributed by atoms with Gasteiger partial charge in [0.2, 0.25) is 0 Å². The molecule has 0 heterocycles. The van der Waals surface area contributed by atoms with Crippen molar-refractivity contribution in [2.24, 2.45) is 0 Å². The first kappa shape index (κ1) is 13.2. The standard InChI is InChI=1S/C15H14BrFO/c1-9-3-4-10(2)12(7-9)15(18)11-5-6-13(16)14(17)8-11/h3-8,15,18H,1-2H3. The van der Waals surface area contributed by atoms with Crippen molar-refractivity contribution in [1.29, 1.82) is 0 Å². The summed E-state index contributed by atoms with van der Waals surface area (Å²) in [6.45, 7) is 3.91. The summed E-state index contributed by atoms with van der Waals surface area (Å²) in [5, 5.41) is 10.3. The number of hydrogen-bond donors (Lipinski definition) is 1. The molecule has 2 aromatic carbocycles. The molecule has 18 heavy (non-hydrogen) atoms. The van der Waals surface area contributed by atoms with Gasteiger partial charge in [0.05, 0.1) is 4.47 Å². The summed E-state index contributed by atoms with van der Waals surface area (Å²) in [5.74, 6) is -0.364. The molecule has 1 unspecified atom stereocenters. The Morgan fingerprint density at radius 1 is 1.11 bits per heavy atom. The second kappa shape index (κ2) is 5.21. The molecule has 94 valence electrons. The quantitative estimate of drug-likeness (QED) is 0.877. The molecule has 0 aliphatic rings. The van der Waals surface area contributed by atoms with Gasteiger partial charge >= 0.3 is 0 Å². The zero-order valence-corrected chi connectivity index (χ0v) is 11.8. The van der Waals surface area contributed by atoms with E-state index in [9.17, 15) is 9.50 Å². The lowest BCUT2D eigenvalue weighted by Crippen LogP contribution is -2.03. The van der Waals surface area contributed by atoms with Crippen LogP contribution in [-0.2, 0) is 0 Å². The lowest BCUT2D eigenvalue weighted by molar-refractivity contribution is 0.219. The van der Waals surface area contributed by atoms with Crippen molar-refractivity contribution in [2.75, 3.05) is 0 Å². The topological polar surface area (TPSA) is 20.2 Å². The molecule has 0 amide bonds. The molecular weight excluding hydrogens is 295 g/mol. The van der Waals surface area contributed by atoms with Crippen molar-refractivity contribution >= 4 is 15.9 Å². The van der Waals surface area contributed by atoms with E-state index in [1.807, 2.05) is 32.0 Å². The fourth-order valence-electron chi connectivity index (χ4n) is 1.92. The summed E-state index contributed by atoms with van der Waals surface area (Å²) >= 11 is 3.10. The minimum Gasteiger partial charge on any atom is -0.384 e. The molecule has 2 rings (SSSR count). The molecule has 0 fully saturated rings. The molecule has 1 atom stereocenters. The van der Waals surface area contributed by atoms with Gasteiger partial charge in [0.25, 0.3) is 0 Å². The first-order chi connectivity index (χ1) is 8.49. The number of hydrogen-bond acceptors (Lipinski definition) is 1. The highest BCUT2D eigenvalue weighted by Gasteiger charge is 2.14. The molecule has 0 spiro atoms. The third kappa shape index (κ3) is 2.62. The van der Waals surface area contributed by atoms with E-state index in [1.54, 1.807) is 12.1 Å². The molecule has 0 saturated carbocycles. The summed E-state index contributed by atoms with van der Waals surface area (Å²) in [4.78, 5) is 0. The van der Waals surface area contributed by atoms with Crippen LogP contribution in [0.2, 0.25) is 0 Å². The molecule has 0 bridgehead atoms. The smallest absolute Gasteiger partial charge is 0.137 e. The second-order valence-corrected chi connectivity index (χ2v) is 5.29. The first-order valence-electron chi connectivity index (χ1n) is 5.69. The van der Waals surface area contributed by atoms with Gasteiger partial charge in [0, 0.05) is 0 Å². The Balaban J connectivity index is 2.44. The van der Waals surface area contributed by atoms with Crippen LogP contribution < -0.4 is 0 Å². The maximum atomic E-state index is 13.5. The molecule has 1 N–H and O–H groups in total. The van der Waals surface area contributed by atoms with Gasteiger partial charge in [-0.15, -0.1) is 0 Å². The summed E-state index contributed by atoms with van der Waals surface area (Å²) in [6.07, 6.45) is -0.799. The molecule has 3 heteroatoms. The molecule has 0 aliphatic carbocycles. The van der Waals surface area contributed by atoms with E-state index in [1.165, 1.54) is 6.07 Å². The van der Waals surface area contributed by atoms with Gasteiger partial charge in [-0.2, -0.15) is 0 Å². The van der Waals surface area contributed by atoms with Gasteiger partial charge in [-0.05, 0) is 58.6 Å². The molecule has 0 aliphatic heterocycles. The van der Waals surface area contributed by atoms with E-state index in [0.29, 0.717) is 10.0 Å². The largest absolute Gasteiger partial charge is 0.384 e. The van der Waals surface area contributed by atoms with Crippen LogP contribution in [0.3, 0.4) is 0 Å². The number of aryl methyl sites for hydroxylation is 2. The van der Waals surface area contributed by atoms with Gasteiger partial charge in [-0.1, -0.05) is 29.8 Å². The molecular formula is C15H14BrFO. The van der Waals surface area contributed by atoms with E-state index in [4.69, 9.17) is 0 Å². The Labute approximate surface area is 114 Å². The number of aliphatic hydroxyl groups is 1. The molecule has 2 aromatic rings. The van der Waals surface area contributed by atoms with Crippen molar-refractivity contribution in [3.63, 3.8) is 0 Å². The van der Waals surface area contributed by atoms with E-state index < -0.39 is 6.10 Å². The fraction of sp³-hybridized carbons (Fsp3) is 0.200. The van der Waals surface area contributed by atoms with Gasteiger partial charge < -0.3 is 5.11 Å². The van der Waals surface area contributed by atoms with Crippen molar-refractivity contribution < 1.29 is 9.50 Å². The number of rotatable bonds is 2. The van der Waals surface area contributed by atoms with Crippen molar-refractivity contribution in [3.8, 4) is 0 Å². The summed E-state index contributed by atoms with van der Waals surface area (Å²) < 4.78 is 13.9. The molecule has 1 nitrogen and oxygen atoms in total. The van der Waals surface area contributed by atoms with E-state index in [-0.39, 0.29) is 5.82 Å². The third-order valence-corrected chi connectivity index (χ3v) is 3.63. The van der Waals surface area contributed by atoms with Crippen LogP contribution in [0.15, 0.2) is 40.9 Å². The van der Waals surface area contributed by atoms with Crippen molar-refractivity contribution in [1.82, 2.24) is 0 Å². The average molecular weight is 309 g/mol. The number of halogens is 2. The van der Waals surface area contributed by atoms with Crippen LogP contribution in [-0.4, -0.2) is 5.11 Å². The SMILES string of the molecule is Cc1ccc(C)c(C(O)c2ccc(Br)c(F)c2)c1. The summed E-state index contributed by atoms with van der Waals surface area (Å²) in [5.41, 5.74) is 3.45. The van der Waals surface area contributed by atoms with Gasteiger partial charge in [0.15, 0.2) is 0 Å². The van der Waals surface area contributed by atoms with E-state index >= 15 is 0 Å². The van der Waals surface area contributed by atoms with Crippen LogP contribution in [0.4, 0.5) is 4.39 Å². The molecule has 0 aromatic heterocycles. The van der Waals surface area contributed by atoms with Gasteiger partial charge in [-0.3, -0.25) is 0 Å². The van der Waals surface area contributed by atoms with Crippen LogP contribution in [0.1, 0.15) is 28.4 Å². The van der Waals surface area contributed by atoms with Gasteiger partial charge in [0.1, 0.15) is 11.9 Å². The maximum absolute atomic E-state index is 13.5. The predicted octanol–water partition coefficient (Wildman–Crippen LogP) is 4.29. The van der Waals surface area contributed by atoms with Crippen LogP contribution in [0.25, 0.3) is 0 Å².